The van der Waals surface area contributed by atoms with E-state index in [1.807, 2.05) is 6.92 Å². The van der Waals surface area contributed by atoms with E-state index >= 15 is 0 Å². The molecule has 2 amide bonds. The molecule has 3 N–H and O–H groups in total. The molecule has 1 aliphatic rings. The predicted octanol–water partition coefficient (Wildman–Crippen LogP) is 2.27. The van der Waals surface area contributed by atoms with E-state index < -0.39 is 9.84 Å². The number of para-hydroxylation sites is 1. The number of carbonyl (C=O) groups excluding carboxylic acids is 2. The van der Waals surface area contributed by atoms with Gasteiger partial charge in [0.1, 0.15) is 0 Å². The Labute approximate surface area is 170 Å². The summed E-state index contributed by atoms with van der Waals surface area (Å²) in [6, 6.07) is 13.6. The summed E-state index contributed by atoms with van der Waals surface area (Å²) >= 11 is 0. The molecule has 1 fully saturated rings. The van der Waals surface area contributed by atoms with Gasteiger partial charge in [0, 0.05) is 18.3 Å². The fourth-order valence-electron chi connectivity index (χ4n) is 2.84. The summed E-state index contributed by atoms with van der Waals surface area (Å²) in [6.07, 6.45) is 3.15. The summed E-state index contributed by atoms with van der Waals surface area (Å²) < 4.78 is 23.1. The van der Waals surface area contributed by atoms with Crippen molar-refractivity contribution in [3.63, 3.8) is 0 Å². The van der Waals surface area contributed by atoms with Crippen molar-refractivity contribution in [1.82, 2.24) is 10.6 Å². The van der Waals surface area contributed by atoms with Gasteiger partial charge in [-0.15, -0.1) is 0 Å². The maximum absolute atomic E-state index is 12.4. The molecule has 1 saturated carbocycles. The van der Waals surface area contributed by atoms with Gasteiger partial charge in [-0.05, 0) is 49.6 Å². The molecule has 154 valence electrons. The fourth-order valence-corrected chi connectivity index (χ4v) is 3.47. The number of rotatable bonds is 8. The Morgan fingerprint density at radius 1 is 1.07 bits per heavy atom. The minimum atomic E-state index is -3.24. The standard InChI is InChI=1S/C21H25N3O4S/c1-14(15-7-11-17(12-8-15)29(2,27)28)22-13-20(25)24-19-6-4-3-5-18(19)21(26)23-16-9-10-16/h3-8,11-12,14,16,22H,9-10,13H2,1-2H3,(H,23,26)(H,24,25)/t14-/m1/s1. The smallest absolute Gasteiger partial charge is 0.253 e. The van der Waals surface area contributed by atoms with Gasteiger partial charge < -0.3 is 16.0 Å². The number of nitrogens with one attached hydrogen (secondary N) is 3. The Bertz CT molecular complexity index is 999. The summed E-state index contributed by atoms with van der Waals surface area (Å²) in [5.74, 6) is -0.452. The van der Waals surface area contributed by atoms with E-state index in [9.17, 15) is 18.0 Å². The second-order valence-corrected chi connectivity index (χ2v) is 9.30. The van der Waals surface area contributed by atoms with Crippen LogP contribution in [0.3, 0.4) is 0 Å². The SMILES string of the molecule is C[C@@H](NCC(=O)Nc1ccccc1C(=O)NC1CC1)c1ccc(S(C)(=O)=O)cc1. The molecular weight excluding hydrogens is 390 g/mol. The van der Waals surface area contributed by atoms with E-state index in [0.717, 1.165) is 24.7 Å². The first-order valence-electron chi connectivity index (χ1n) is 9.47. The van der Waals surface area contributed by atoms with E-state index in [1.54, 1.807) is 48.5 Å². The molecule has 0 aliphatic heterocycles. The van der Waals surface area contributed by atoms with Gasteiger partial charge in [0.25, 0.3) is 5.91 Å². The Morgan fingerprint density at radius 2 is 1.72 bits per heavy atom. The Hall–Kier alpha value is -2.71. The summed E-state index contributed by atoms with van der Waals surface area (Å²) in [5, 5.41) is 8.81. The van der Waals surface area contributed by atoms with E-state index in [1.165, 1.54) is 0 Å². The van der Waals surface area contributed by atoms with Crippen molar-refractivity contribution in [2.45, 2.75) is 36.7 Å². The molecule has 0 radical (unpaired) electrons. The monoisotopic (exact) mass is 415 g/mol. The van der Waals surface area contributed by atoms with E-state index in [0.29, 0.717) is 11.3 Å². The highest BCUT2D eigenvalue weighted by Gasteiger charge is 2.25. The fraction of sp³-hybridized carbons (Fsp3) is 0.333. The summed E-state index contributed by atoms with van der Waals surface area (Å²) in [6.45, 7) is 1.94. The third-order valence-corrected chi connectivity index (χ3v) is 5.86. The van der Waals surface area contributed by atoms with Gasteiger partial charge in [-0.2, -0.15) is 0 Å². The van der Waals surface area contributed by atoms with Crippen molar-refractivity contribution in [3.05, 3.63) is 59.7 Å². The van der Waals surface area contributed by atoms with Crippen LogP contribution in [0.25, 0.3) is 0 Å². The lowest BCUT2D eigenvalue weighted by molar-refractivity contribution is -0.115. The van der Waals surface area contributed by atoms with Crippen LogP contribution < -0.4 is 16.0 Å². The van der Waals surface area contributed by atoms with Crippen molar-refractivity contribution < 1.29 is 18.0 Å². The highest BCUT2D eigenvalue weighted by Crippen LogP contribution is 2.21. The van der Waals surface area contributed by atoms with Crippen LogP contribution in [0, 0.1) is 0 Å². The molecule has 1 aliphatic carbocycles. The van der Waals surface area contributed by atoms with Crippen LogP contribution >= 0.6 is 0 Å². The van der Waals surface area contributed by atoms with Crippen LogP contribution in [0.2, 0.25) is 0 Å². The lowest BCUT2D eigenvalue weighted by Gasteiger charge is -2.15. The van der Waals surface area contributed by atoms with Gasteiger partial charge in [-0.1, -0.05) is 24.3 Å². The molecule has 2 aromatic carbocycles. The number of hydrogen-bond acceptors (Lipinski definition) is 5. The molecule has 0 spiro atoms. The van der Waals surface area contributed by atoms with Crippen molar-refractivity contribution >= 4 is 27.3 Å². The Kier molecular flexibility index (Phi) is 6.34. The normalized spacial score (nSPS) is 14.8. The topological polar surface area (TPSA) is 104 Å². The molecule has 8 heteroatoms. The molecule has 7 nitrogen and oxygen atoms in total. The van der Waals surface area contributed by atoms with Crippen LogP contribution in [-0.2, 0) is 14.6 Å². The van der Waals surface area contributed by atoms with Gasteiger partial charge in [0.15, 0.2) is 9.84 Å². The molecule has 2 aromatic rings. The molecule has 0 heterocycles. The number of hydrogen-bond donors (Lipinski definition) is 3. The second-order valence-electron chi connectivity index (χ2n) is 7.29. The zero-order valence-electron chi connectivity index (χ0n) is 16.4. The number of benzene rings is 2. The minimum absolute atomic E-state index is 0.0492. The molecule has 29 heavy (non-hydrogen) atoms. The van der Waals surface area contributed by atoms with Crippen molar-refractivity contribution in [2.24, 2.45) is 0 Å². The molecular formula is C21H25N3O4S. The third-order valence-electron chi connectivity index (χ3n) is 4.74. The van der Waals surface area contributed by atoms with E-state index in [4.69, 9.17) is 0 Å². The largest absolute Gasteiger partial charge is 0.349 e. The van der Waals surface area contributed by atoms with Crippen LogP contribution in [0.15, 0.2) is 53.4 Å². The summed E-state index contributed by atoms with van der Waals surface area (Å²) in [4.78, 5) is 24.9. The quantitative estimate of drug-likeness (QED) is 0.614. The molecule has 0 saturated heterocycles. The average molecular weight is 416 g/mol. The third kappa shape index (κ3) is 5.88. The zero-order valence-corrected chi connectivity index (χ0v) is 17.3. The maximum Gasteiger partial charge on any atom is 0.253 e. The van der Waals surface area contributed by atoms with Crippen LogP contribution in [0.4, 0.5) is 5.69 Å². The van der Waals surface area contributed by atoms with Gasteiger partial charge in [-0.3, -0.25) is 9.59 Å². The molecule has 0 unspecified atom stereocenters. The highest BCUT2D eigenvalue weighted by molar-refractivity contribution is 7.90. The van der Waals surface area contributed by atoms with Crippen molar-refractivity contribution in [2.75, 3.05) is 18.1 Å². The lowest BCUT2D eigenvalue weighted by atomic mass is 10.1. The number of anilines is 1. The van der Waals surface area contributed by atoms with Crippen molar-refractivity contribution in [1.29, 1.82) is 0 Å². The number of carbonyl (C=O) groups is 2. The van der Waals surface area contributed by atoms with Crippen LogP contribution in [-0.4, -0.2) is 39.1 Å². The molecule has 0 bridgehead atoms. The first-order valence-corrected chi connectivity index (χ1v) is 11.4. The second kappa shape index (κ2) is 8.75. The predicted molar refractivity (Wildman–Crippen MR) is 112 cm³/mol. The number of amides is 2. The van der Waals surface area contributed by atoms with Gasteiger partial charge in [-0.25, -0.2) is 8.42 Å². The van der Waals surface area contributed by atoms with Crippen LogP contribution in [0.5, 0.6) is 0 Å². The van der Waals surface area contributed by atoms with Gasteiger partial charge in [0.2, 0.25) is 5.91 Å². The minimum Gasteiger partial charge on any atom is -0.349 e. The Balaban J connectivity index is 1.56. The first-order chi connectivity index (χ1) is 13.7. The molecule has 1 atom stereocenters. The lowest BCUT2D eigenvalue weighted by Crippen LogP contribution is -2.31. The van der Waals surface area contributed by atoms with Gasteiger partial charge >= 0.3 is 0 Å². The van der Waals surface area contributed by atoms with Gasteiger partial charge in [0.05, 0.1) is 22.7 Å². The van der Waals surface area contributed by atoms with Crippen molar-refractivity contribution in [3.8, 4) is 0 Å². The number of sulfone groups is 1. The van der Waals surface area contributed by atoms with E-state index in [2.05, 4.69) is 16.0 Å². The molecule has 0 aromatic heterocycles. The maximum atomic E-state index is 12.4. The first kappa shape index (κ1) is 21.0. The highest BCUT2D eigenvalue weighted by atomic mass is 32.2. The summed E-state index contributed by atoms with van der Waals surface area (Å²) in [5.41, 5.74) is 1.79. The zero-order chi connectivity index (χ0) is 21.0. The average Bonchev–Trinajstić information content (AvgIpc) is 3.50. The van der Waals surface area contributed by atoms with E-state index in [-0.39, 0.29) is 35.3 Å². The van der Waals surface area contributed by atoms with Crippen LogP contribution in [0.1, 0.15) is 41.7 Å². The molecule has 3 rings (SSSR count). The Morgan fingerprint density at radius 3 is 2.34 bits per heavy atom. The summed E-state index contributed by atoms with van der Waals surface area (Å²) in [7, 11) is -3.24.